The maximum Gasteiger partial charge on any atom is 0.171 e. The highest BCUT2D eigenvalue weighted by atomic mass is 35.5. The summed E-state index contributed by atoms with van der Waals surface area (Å²) < 4.78 is 0. The van der Waals surface area contributed by atoms with Gasteiger partial charge in [-0.05, 0) is 53.8 Å². The van der Waals surface area contributed by atoms with Crippen LogP contribution in [0, 0.1) is 5.92 Å². The van der Waals surface area contributed by atoms with Crippen LogP contribution >= 0.6 is 35.2 Å². The molecule has 1 aromatic carbocycles. The molecular weight excluding hydrogens is 308 g/mol. The molecule has 1 aromatic heterocycles. The number of hydrogen-bond donors (Lipinski definition) is 2. The molecular formula is C15H17ClN2S2. The van der Waals surface area contributed by atoms with Gasteiger partial charge in [0.1, 0.15) is 0 Å². The molecule has 0 aliphatic heterocycles. The highest BCUT2D eigenvalue weighted by Gasteiger charge is 2.17. The molecule has 5 heteroatoms. The van der Waals surface area contributed by atoms with Gasteiger partial charge in [-0.15, -0.1) is 11.3 Å². The summed E-state index contributed by atoms with van der Waals surface area (Å²) in [6.45, 7) is 4.37. The Morgan fingerprint density at radius 3 is 2.45 bits per heavy atom. The molecule has 20 heavy (non-hydrogen) atoms. The lowest BCUT2D eigenvalue weighted by molar-refractivity contribution is 0.480. The molecule has 1 heterocycles. The summed E-state index contributed by atoms with van der Waals surface area (Å²) in [7, 11) is 0. The largest absolute Gasteiger partial charge is 0.355 e. The first kappa shape index (κ1) is 15.3. The maximum absolute atomic E-state index is 5.87. The zero-order valence-corrected chi connectivity index (χ0v) is 13.8. The van der Waals surface area contributed by atoms with Crippen molar-refractivity contribution in [1.29, 1.82) is 0 Å². The molecule has 0 amide bonds. The van der Waals surface area contributed by atoms with Crippen molar-refractivity contribution in [3.05, 3.63) is 51.7 Å². The van der Waals surface area contributed by atoms with Crippen molar-refractivity contribution >= 4 is 46.0 Å². The third-order valence-corrected chi connectivity index (χ3v) is 4.33. The molecule has 0 unspecified atom stereocenters. The van der Waals surface area contributed by atoms with Crippen molar-refractivity contribution in [2.75, 3.05) is 5.32 Å². The van der Waals surface area contributed by atoms with Gasteiger partial charge >= 0.3 is 0 Å². The second kappa shape index (κ2) is 7.07. The summed E-state index contributed by atoms with van der Waals surface area (Å²) in [6, 6.07) is 11.9. The van der Waals surface area contributed by atoms with Gasteiger partial charge in [0.05, 0.1) is 6.04 Å². The average molecular weight is 325 g/mol. The number of nitrogens with one attached hydrogen (secondary N) is 2. The summed E-state index contributed by atoms with van der Waals surface area (Å²) in [5.74, 6) is 0.457. The van der Waals surface area contributed by atoms with E-state index in [1.165, 1.54) is 4.88 Å². The Morgan fingerprint density at radius 2 is 1.90 bits per heavy atom. The zero-order valence-electron chi connectivity index (χ0n) is 11.4. The van der Waals surface area contributed by atoms with Gasteiger partial charge in [-0.2, -0.15) is 0 Å². The summed E-state index contributed by atoms with van der Waals surface area (Å²) in [4.78, 5) is 1.29. The molecule has 2 N–H and O–H groups in total. The van der Waals surface area contributed by atoms with E-state index in [9.17, 15) is 0 Å². The number of rotatable bonds is 4. The third-order valence-electron chi connectivity index (χ3n) is 2.91. The van der Waals surface area contributed by atoms with Crippen molar-refractivity contribution < 1.29 is 0 Å². The van der Waals surface area contributed by atoms with Crippen LogP contribution in [0.1, 0.15) is 24.8 Å². The highest BCUT2D eigenvalue weighted by molar-refractivity contribution is 7.80. The van der Waals surface area contributed by atoms with E-state index in [2.05, 4.69) is 42.0 Å². The van der Waals surface area contributed by atoms with Gasteiger partial charge in [0.15, 0.2) is 5.11 Å². The van der Waals surface area contributed by atoms with Crippen molar-refractivity contribution in [3.63, 3.8) is 0 Å². The fraction of sp³-hybridized carbons (Fsp3) is 0.267. The predicted octanol–water partition coefficient (Wildman–Crippen LogP) is 5.09. The van der Waals surface area contributed by atoms with E-state index in [1.54, 1.807) is 11.3 Å². The molecule has 0 saturated carbocycles. The van der Waals surface area contributed by atoms with E-state index in [-0.39, 0.29) is 6.04 Å². The summed E-state index contributed by atoms with van der Waals surface area (Å²) in [6.07, 6.45) is 0. The molecule has 0 bridgehead atoms. The van der Waals surface area contributed by atoms with Gasteiger partial charge in [-0.3, -0.25) is 0 Å². The van der Waals surface area contributed by atoms with Gasteiger partial charge < -0.3 is 10.6 Å². The van der Waals surface area contributed by atoms with Crippen LogP contribution in [0.2, 0.25) is 5.02 Å². The molecule has 0 radical (unpaired) electrons. The van der Waals surface area contributed by atoms with Crippen LogP contribution in [0.15, 0.2) is 41.8 Å². The molecule has 106 valence electrons. The van der Waals surface area contributed by atoms with E-state index in [1.807, 2.05) is 24.3 Å². The fourth-order valence-corrected chi connectivity index (χ4v) is 3.20. The standard InChI is InChI=1S/C15H17ClN2S2/c1-10(2)14(13-4-3-9-20-13)18-15(19)17-12-7-5-11(16)6-8-12/h3-10,14H,1-2H3,(H2,17,18,19)/t14-/m0/s1. The van der Waals surface area contributed by atoms with Crippen LogP contribution in [0.4, 0.5) is 5.69 Å². The number of thiocarbonyl (C=S) groups is 1. The molecule has 0 aliphatic carbocycles. The first-order chi connectivity index (χ1) is 9.56. The lowest BCUT2D eigenvalue weighted by atomic mass is 10.0. The molecule has 0 saturated heterocycles. The Bertz CT molecular complexity index is 550. The van der Waals surface area contributed by atoms with Crippen LogP contribution in [0.3, 0.4) is 0 Å². The van der Waals surface area contributed by atoms with Crippen LogP contribution in [0.5, 0.6) is 0 Å². The first-order valence-electron chi connectivity index (χ1n) is 6.43. The van der Waals surface area contributed by atoms with Crippen molar-refractivity contribution in [2.45, 2.75) is 19.9 Å². The summed E-state index contributed by atoms with van der Waals surface area (Å²) in [5.41, 5.74) is 0.931. The number of thiophene rings is 1. The highest BCUT2D eigenvalue weighted by Crippen LogP contribution is 2.26. The van der Waals surface area contributed by atoms with Gasteiger partial charge in [-0.25, -0.2) is 0 Å². The van der Waals surface area contributed by atoms with Crippen molar-refractivity contribution in [1.82, 2.24) is 5.32 Å². The Hall–Kier alpha value is -1.10. The fourth-order valence-electron chi connectivity index (χ4n) is 1.88. The molecule has 2 rings (SSSR count). The smallest absolute Gasteiger partial charge is 0.171 e. The maximum atomic E-state index is 5.87. The molecule has 0 fully saturated rings. The second-order valence-corrected chi connectivity index (χ2v) is 6.67. The monoisotopic (exact) mass is 324 g/mol. The van der Waals surface area contributed by atoms with Crippen molar-refractivity contribution in [2.24, 2.45) is 5.92 Å². The van der Waals surface area contributed by atoms with Gasteiger partial charge in [0.2, 0.25) is 0 Å². The first-order valence-corrected chi connectivity index (χ1v) is 8.09. The minimum absolute atomic E-state index is 0.224. The molecule has 0 spiro atoms. The zero-order chi connectivity index (χ0) is 14.5. The second-order valence-electron chi connectivity index (χ2n) is 4.84. The normalized spacial score (nSPS) is 12.2. The lowest BCUT2D eigenvalue weighted by Crippen LogP contribution is -2.34. The van der Waals surface area contributed by atoms with Gasteiger partial charge in [0, 0.05) is 15.6 Å². The van der Waals surface area contributed by atoms with Crippen LogP contribution in [-0.4, -0.2) is 5.11 Å². The number of benzene rings is 1. The van der Waals surface area contributed by atoms with E-state index >= 15 is 0 Å². The van der Waals surface area contributed by atoms with Crippen LogP contribution in [-0.2, 0) is 0 Å². The molecule has 1 atom stereocenters. The lowest BCUT2D eigenvalue weighted by Gasteiger charge is -2.23. The summed E-state index contributed by atoms with van der Waals surface area (Å²) in [5, 5.41) is 9.99. The van der Waals surface area contributed by atoms with Crippen molar-refractivity contribution in [3.8, 4) is 0 Å². The van der Waals surface area contributed by atoms with E-state index in [0.717, 1.165) is 5.69 Å². The van der Waals surface area contributed by atoms with E-state index in [4.69, 9.17) is 23.8 Å². The Morgan fingerprint density at radius 1 is 1.20 bits per heavy atom. The predicted molar refractivity (Wildman–Crippen MR) is 92.7 cm³/mol. The quantitative estimate of drug-likeness (QED) is 0.766. The van der Waals surface area contributed by atoms with E-state index < -0.39 is 0 Å². The molecule has 2 nitrogen and oxygen atoms in total. The SMILES string of the molecule is CC(C)[C@H](NC(=S)Nc1ccc(Cl)cc1)c1cccs1. The number of halogens is 1. The Kier molecular flexibility index (Phi) is 5.40. The Labute approximate surface area is 134 Å². The van der Waals surface area contributed by atoms with Gasteiger partial charge in [0.25, 0.3) is 0 Å². The third kappa shape index (κ3) is 4.20. The van der Waals surface area contributed by atoms with E-state index in [0.29, 0.717) is 16.1 Å². The molecule has 2 aromatic rings. The minimum atomic E-state index is 0.224. The van der Waals surface area contributed by atoms with Crippen LogP contribution < -0.4 is 10.6 Å². The number of hydrogen-bond acceptors (Lipinski definition) is 2. The van der Waals surface area contributed by atoms with Gasteiger partial charge in [-0.1, -0.05) is 31.5 Å². The Balaban J connectivity index is 2.00. The summed E-state index contributed by atoms with van der Waals surface area (Å²) >= 11 is 13.0. The number of anilines is 1. The minimum Gasteiger partial charge on any atom is -0.355 e. The molecule has 0 aliphatic rings. The van der Waals surface area contributed by atoms with Crippen LogP contribution in [0.25, 0.3) is 0 Å². The average Bonchev–Trinajstić information content (AvgIpc) is 2.92. The topological polar surface area (TPSA) is 24.1 Å².